The first-order chi connectivity index (χ1) is 12.8. The van der Waals surface area contributed by atoms with Crippen LogP contribution in [0.15, 0.2) is 11.4 Å². The van der Waals surface area contributed by atoms with Crippen molar-refractivity contribution in [3.05, 3.63) is 16.8 Å². The summed E-state index contributed by atoms with van der Waals surface area (Å²) in [5, 5.41) is 13.6. The largest absolute Gasteiger partial charge is 0.455 e. The third kappa shape index (κ3) is 4.39. The molecule has 0 aliphatic heterocycles. The van der Waals surface area contributed by atoms with E-state index >= 15 is 0 Å². The van der Waals surface area contributed by atoms with Gasteiger partial charge in [0.15, 0.2) is 6.61 Å². The van der Waals surface area contributed by atoms with Gasteiger partial charge in [0.1, 0.15) is 21.7 Å². The van der Waals surface area contributed by atoms with Crippen LogP contribution in [0, 0.1) is 31.1 Å². The third-order valence-electron chi connectivity index (χ3n) is 4.65. The first kappa shape index (κ1) is 19.6. The number of carbonyl (C=O) groups excluding carboxylic acids is 2. The number of aryl methyl sites for hydroxylation is 2. The highest BCUT2D eigenvalue weighted by molar-refractivity contribution is 8.00. The average Bonchev–Trinajstić information content (AvgIpc) is 3.46. The molecule has 3 rings (SSSR count). The molecule has 0 saturated heterocycles. The van der Waals surface area contributed by atoms with Gasteiger partial charge in [0.05, 0.1) is 11.8 Å². The molecule has 2 heterocycles. The zero-order valence-corrected chi connectivity index (χ0v) is 17.0. The van der Waals surface area contributed by atoms with E-state index in [0.717, 1.165) is 33.6 Å². The average molecular weight is 405 g/mol. The van der Waals surface area contributed by atoms with Crippen LogP contribution in [0.2, 0.25) is 0 Å². The Morgan fingerprint density at radius 3 is 2.85 bits per heavy atom. The molecule has 1 fully saturated rings. The Hall–Kier alpha value is -2.18. The monoisotopic (exact) mass is 404 g/mol. The Morgan fingerprint density at radius 1 is 1.44 bits per heavy atom. The van der Waals surface area contributed by atoms with Crippen molar-refractivity contribution in [3.8, 4) is 6.07 Å². The van der Waals surface area contributed by atoms with Gasteiger partial charge in [-0.25, -0.2) is 9.97 Å². The number of fused-ring (bicyclic) bond motifs is 1. The number of rotatable bonds is 7. The molecule has 1 aliphatic rings. The van der Waals surface area contributed by atoms with Gasteiger partial charge in [-0.05, 0) is 45.1 Å². The fourth-order valence-electron chi connectivity index (χ4n) is 2.78. The van der Waals surface area contributed by atoms with Gasteiger partial charge in [-0.3, -0.25) is 9.59 Å². The van der Waals surface area contributed by atoms with Crippen molar-refractivity contribution in [2.45, 2.75) is 44.2 Å². The number of thiophene rings is 1. The number of nitriles is 1. The van der Waals surface area contributed by atoms with E-state index in [1.807, 2.05) is 13.8 Å². The zero-order chi connectivity index (χ0) is 19.6. The fourth-order valence-corrected chi connectivity index (χ4v) is 4.70. The van der Waals surface area contributed by atoms with Gasteiger partial charge in [-0.1, -0.05) is 11.8 Å². The summed E-state index contributed by atoms with van der Waals surface area (Å²) in [7, 11) is 0. The first-order valence-electron chi connectivity index (χ1n) is 8.55. The van der Waals surface area contributed by atoms with Crippen molar-refractivity contribution in [1.82, 2.24) is 15.3 Å². The molecule has 0 bridgehead atoms. The van der Waals surface area contributed by atoms with Crippen molar-refractivity contribution in [1.29, 1.82) is 5.26 Å². The van der Waals surface area contributed by atoms with Crippen molar-refractivity contribution in [3.63, 3.8) is 0 Å². The molecule has 27 heavy (non-hydrogen) atoms. The van der Waals surface area contributed by atoms with E-state index in [9.17, 15) is 14.9 Å². The maximum atomic E-state index is 12.0. The Morgan fingerprint density at radius 2 is 2.19 bits per heavy atom. The Labute approximate surface area is 165 Å². The van der Waals surface area contributed by atoms with Crippen molar-refractivity contribution in [2.75, 3.05) is 12.4 Å². The van der Waals surface area contributed by atoms with Gasteiger partial charge in [-0.15, -0.1) is 11.3 Å². The summed E-state index contributed by atoms with van der Waals surface area (Å²) in [4.78, 5) is 34.6. The minimum Gasteiger partial charge on any atom is -0.455 e. The van der Waals surface area contributed by atoms with Gasteiger partial charge in [0.2, 0.25) is 0 Å². The molecule has 9 heteroatoms. The molecular formula is C18H20N4O3S2. The summed E-state index contributed by atoms with van der Waals surface area (Å²) in [6, 6.07) is 2.14. The lowest BCUT2D eigenvalue weighted by molar-refractivity contribution is -0.146. The molecule has 0 aromatic carbocycles. The maximum absolute atomic E-state index is 12.0. The number of nitrogens with one attached hydrogen (secondary N) is 1. The number of carbonyl (C=O) groups is 2. The second-order valence-corrected chi connectivity index (χ2v) is 8.90. The summed E-state index contributed by atoms with van der Waals surface area (Å²) < 4.78 is 5.04. The predicted molar refractivity (Wildman–Crippen MR) is 103 cm³/mol. The Balaban J connectivity index is 1.52. The molecule has 1 aliphatic carbocycles. The van der Waals surface area contributed by atoms with Crippen LogP contribution in [0.5, 0.6) is 0 Å². The number of aromatic nitrogens is 2. The van der Waals surface area contributed by atoms with E-state index < -0.39 is 17.4 Å². The smallest absolute Gasteiger partial charge is 0.316 e. The molecule has 1 saturated carbocycles. The van der Waals surface area contributed by atoms with E-state index in [0.29, 0.717) is 0 Å². The van der Waals surface area contributed by atoms with Crippen LogP contribution >= 0.6 is 23.1 Å². The predicted octanol–water partition coefficient (Wildman–Crippen LogP) is 2.75. The maximum Gasteiger partial charge on any atom is 0.316 e. The minimum absolute atomic E-state index is 0.0475. The molecule has 2 aromatic heterocycles. The normalized spacial score (nSPS) is 15.8. The number of amides is 1. The topological polar surface area (TPSA) is 105 Å². The number of hydrogen-bond acceptors (Lipinski definition) is 8. The molecule has 0 spiro atoms. The van der Waals surface area contributed by atoms with E-state index in [4.69, 9.17) is 4.74 Å². The molecule has 0 radical (unpaired) electrons. The highest BCUT2D eigenvalue weighted by Crippen LogP contribution is 2.39. The summed E-state index contributed by atoms with van der Waals surface area (Å²) in [6.07, 6.45) is 3.34. The van der Waals surface area contributed by atoms with Crippen LogP contribution in [-0.4, -0.2) is 39.7 Å². The van der Waals surface area contributed by atoms with Crippen molar-refractivity contribution in [2.24, 2.45) is 5.92 Å². The third-order valence-corrected chi connectivity index (χ3v) is 6.73. The summed E-state index contributed by atoms with van der Waals surface area (Å²) in [5.41, 5.74) is 0.223. The van der Waals surface area contributed by atoms with Gasteiger partial charge in [-0.2, -0.15) is 5.26 Å². The van der Waals surface area contributed by atoms with Crippen LogP contribution in [0.4, 0.5) is 0 Å². The fraction of sp³-hybridized carbons (Fsp3) is 0.500. The van der Waals surface area contributed by atoms with Crippen molar-refractivity contribution < 1.29 is 14.3 Å². The molecule has 0 unspecified atom stereocenters. The van der Waals surface area contributed by atoms with Gasteiger partial charge in [0, 0.05) is 10.3 Å². The summed E-state index contributed by atoms with van der Waals surface area (Å²) >= 11 is 2.86. The SMILES string of the molecule is Cc1sc2ncnc(SCC(=O)OCC(=O)N[C@](C)(C#N)C3CC3)c2c1C. The quantitative estimate of drug-likeness (QED) is 0.430. The molecular weight excluding hydrogens is 384 g/mol. The Bertz CT molecular complexity index is 933. The molecule has 1 N–H and O–H groups in total. The van der Waals surface area contributed by atoms with E-state index in [1.54, 1.807) is 18.3 Å². The highest BCUT2D eigenvalue weighted by Gasteiger charge is 2.43. The molecule has 7 nitrogen and oxygen atoms in total. The van der Waals surface area contributed by atoms with Gasteiger partial charge in [0.25, 0.3) is 5.91 Å². The number of thioether (sulfide) groups is 1. The molecule has 142 valence electrons. The lowest BCUT2D eigenvalue weighted by Gasteiger charge is -2.22. The van der Waals surface area contributed by atoms with Gasteiger partial charge >= 0.3 is 5.97 Å². The second kappa shape index (κ2) is 7.82. The van der Waals surface area contributed by atoms with Crippen LogP contribution < -0.4 is 5.32 Å². The second-order valence-electron chi connectivity index (χ2n) is 6.73. The zero-order valence-electron chi connectivity index (χ0n) is 15.4. The summed E-state index contributed by atoms with van der Waals surface area (Å²) in [5.74, 6) is -0.740. The summed E-state index contributed by atoms with van der Waals surface area (Å²) in [6.45, 7) is 5.35. The van der Waals surface area contributed by atoms with E-state index in [1.165, 1.54) is 23.0 Å². The van der Waals surface area contributed by atoms with Crippen molar-refractivity contribution >= 4 is 45.2 Å². The number of hydrogen-bond donors (Lipinski definition) is 1. The number of esters is 1. The Kier molecular flexibility index (Phi) is 5.67. The van der Waals surface area contributed by atoms with Crippen LogP contribution in [0.1, 0.15) is 30.2 Å². The molecule has 2 aromatic rings. The van der Waals surface area contributed by atoms with Crippen LogP contribution in [0.25, 0.3) is 10.2 Å². The van der Waals surface area contributed by atoms with Crippen LogP contribution in [-0.2, 0) is 14.3 Å². The molecule has 1 amide bonds. The first-order valence-corrected chi connectivity index (χ1v) is 10.4. The number of ether oxygens (including phenoxy) is 1. The standard InChI is InChI=1S/C18H20N4O3S2/c1-10-11(2)27-17-15(10)16(20-9-21-17)26-7-14(24)25-6-13(23)22-18(3,8-19)12-4-5-12/h9,12H,4-7H2,1-3H3,(H,22,23)/t18-/m1/s1. The minimum atomic E-state index is -0.890. The van der Waals surface area contributed by atoms with E-state index in [2.05, 4.69) is 21.4 Å². The lowest BCUT2D eigenvalue weighted by atomic mass is 9.98. The lowest BCUT2D eigenvalue weighted by Crippen LogP contribution is -2.48. The van der Waals surface area contributed by atoms with Gasteiger partial charge < -0.3 is 10.1 Å². The molecule has 1 atom stereocenters. The number of nitrogens with zero attached hydrogens (tertiary/aromatic N) is 3. The van der Waals surface area contributed by atoms with E-state index in [-0.39, 0.29) is 18.3 Å². The van der Waals surface area contributed by atoms with Crippen LogP contribution in [0.3, 0.4) is 0 Å². The highest BCUT2D eigenvalue weighted by atomic mass is 32.2.